The fourth-order valence-corrected chi connectivity index (χ4v) is 1.65. The average Bonchev–Trinajstić information content (AvgIpc) is 2.05. The van der Waals surface area contributed by atoms with Gasteiger partial charge in [0.15, 0.2) is 0 Å². The van der Waals surface area contributed by atoms with E-state index in [0.29, 0.717) is 6.42 Å². The molecule has 0 saturated carbocycles. The standard InChI is InChI=1S/C11H15ClO/c1-7-4-5-11(12)9(3)10(7)6-8(2)13/h4-5,8,13H,6H2,1-3H3. The van der Waals surface area contributed by atoms with Gasteiger partial charge in [-0.1, -0.05) is 17.7 Å². The molecule has 0 amide bonds. The zero-order valence-electron chi connectivity index (χ0n) is 8.26. The molecule has 0 fully saturated rings. The largest absolute Gasteiger partial charge is 0.393 e. The summed E-state index contributed by atoms with van der Waals surface area (Å²) >= 11 is 5.99. The van der Waals surface area contributed by atoms with Gasteiger partial charge in [-0.15, -0.1) is 0 Å². The molecule has 1 aromatic rings. The van der Waals surface area contributed by atoms with E-state index >= 15 is 0 Å². The smallest absolute Gasteiger partial charge is 0.0552 e. The quantitative estimate of drug-likeness (QED) is 0.775. The fraction of sp³-hybridized carbons (Fsp3) is 0.455. The van der Waals surface area contributed by atoms with Crippen LogP contribution in [0.3, 0.4) is 0 Å². The third kappa shape index (κ3) is 2.45. The Labute approximate surface area is 84.4 Å². The van der Waals surface area contributed by atoms with Crippen LogP contribution >= 0.6 is 11.6 Å². The average molecular weight is 199 g/mol. The highest BCUT2D eigenvalue weighted by molar-refractivity contribution is 6.31. The summed E-state index contributed by atoms with van der Waals surface area (Å²) < 4.78 is 0. The molecule has 1 aromatic carbocycles. The Bertz CT molecular complexity index is 305. The molecule has 1 atom stereocenters. The summed E-state index contributed by atoms with van der Waals surface area (Å²) in [6, 6.07) is 3.89. The van der Waals surface area contributed by atoms with Crippen molar-refractivity contribution in [2.45, 2.75) is 33.3 Å². The maximum absolute atomic E-state index is 9.30. The molecule has 13 heavy (non-hydrogen) atoms. The van der Waals surface area contributed by atoms with Crippen LogP contribution in [0.5, 0.6) is 0 Å². The molecule has 0 aliphatic rings. The molecule has 2 heteroatoms. The van der Waals surface area contributed by atoms with Crippen molar-refractivity contribution in [3.8, 4) is 0 Å². The van der Waals surface area contributed by atoms with Crippen molar-refractivity contribution >= 4 is 11.6 Å². The number of aliphatic hydroxyl groups is 1. The van der Waals surface area contributed by atoms with Crippen molar-refractivity contribution in [1.29, 1.82) is 0 Å². The van der Waals surface area contributed by atoms with Gasteiger partial charge in [-0.25, -0.2) is 0 Å². The predicted molar refractivity (Wildman–Crippen MR) is 56.3 cm³/mol. The van der Waals surface area contributed by atoms with E-state index in [9.17, 15) is 5.11 Å². The van der Waals surface area contributed by atoms with Gasteiger partial charge in [0.1, 0.15) is 0 Å². The molecule has 0 aliphatic heterocycles. The van der Waals surface area contributed by atoms with Crippen molar-refractivity contribution in [2.24, 2.45) is 0 Å². The molecule has 0 spiro atoms. The number of aryl methyl sites for hydroxylation is 1. The van der Waals surface area contributed by atoms with E-state index in [1.54, 1.807) is 6.92 Å². The first kappa shape index (κ1) is 10.6. The summed E-state index contributed by atoms with van der Waals surface area (Å²) in [5.74, 6) is 0. The Balaban J connectivity index is 3.10. The molecule has 0 saturated heterocycles. The van der Waals surface area contributed by atoms with E-state index in [2.05, 4.69) is 0 Å². The van der Waals surface area contributed by atoms with Gasteiger partial charge < -0.3 is 5.11 Å². The Morgan fingerprint density at radius 1 is 1.38 bits per heavy atom. The van der Waals surface area contributed by atoms with Crippen LogP contribution in [0.1, 0.15) is 23.6 Å². The first-order valence-corrected chi connectivity index (χ1v) is 4.82. The number of hydrogen-bond donors (Lipinski definition) is 1. The molecule has 1 nitrogen and oxygen atoms in total. The van der Waals surface area contributed by atoms with Crippen LogP contribution < -0.4 is 0 Å². The lowest BCUT2D eigenvalue weighted by molar-refractivity contribution is 0.195. The number of halogens is 1. The predicted octanol–water partition coefficient (Wildman–Crippen LogP) is 2.88. The lowest BCUT2D eigenvalue weighted by Gasteiger charge is -2.12. The Hall–Kier alpha value is -0.530. The molecule has 0 heterocycles. The second-order valence-corrected chi connectivity index (χ2v) is 3.93. The molecule has 72 valence electrons. The van der Waals surface area contributed by atoms with E-state index in [1.807, 2.05) is 26.0 Å². The van der Waals surface area contributed by atoms with Gasteiger partial charge in [0.25, 0.3) is 0 Å². The van der Waals surface area contributed by atoms with Gasteiger partial charge in [-0.05, 0) is 49.9 Å². The van der Waals surface area contributed by atoms with Crippen molar-refractivity contribution in [3.63, 3.8) is 0 Å². The van der Waals surface area contributed by atoms with E-state index in [-0.39, 0.29) is 6.10 Å². The van der Waals surface area contributed by atoms with Crippen LogP contribution in [0.2, 0.25) is 5.02 Å². The van der Waals surface area contributed by atoms with Gasteiger partial charge in [-0.2, -0.15) is 0 Å². The normalized spacial score (nSPS) is 13.0. The highest BCUT2D eigenvalue weighted by Crippen LogP contribution is 2.23. The SMILES string of the molecule is Cc1ccc(Cl)c(C)c1CC(C)O. The first-order valence-electron chi connectivity index (χ1n) is 4.45. The zero-order valence-corrected chi connectivity index (χ0v) is 9.02. The van der Waals surface area contributed by atoms with Crippen molar-refractivity contribution in [3.05, 3.63) is 33.8 Å². The van der Waals surface area contributed by atoms with Crippen molar-refractivity contribution in [1.82, 2.24) is 0 Å². The summed E-state index contributed by atoms with van der Waals surface area (Å²) in [5.41, 5.74) is 3.45. The molecular formula is C11H15ClO. The Morgan fingerprint density at radius 2 is 2.00 bits per heavy atom. The second kappa shape index (κ2) is 4.12. The Kier molecular flexibility index (Phi) is 3.34. The maximum atomic E-state index is 9.30. The summed E-state index contributed by atoms with van der Waals surface area (Å²) in [4.78, 5) is 0. The van der Waals surface area contributed by atoms with Crippen molar-refractivity contribution < 1.29 is 5.11 Å². The molecule has 1 rings (SSSR count). The molecular weight excluding hydrogens is 184 g/mol. The molecule has 0 bridgehead atoms. The number of hydrogen-bond acceptors (Lipinski definition) is 1. The van der Waals surface area contributed by atoms with Gasteiger partial charge in [0.2, 0.25) is 0 Å². The summed E-state index contributed by atoms with van der Waals surface area (Å²) in [5, 5.41) is 10.1. The van der Waals surface area contributed by atoms with E-state index in [1.165, 1.54) is 11.1 Å². The van der Waals surface area contributed by atoms with Crippen LogP contribution in [0, 0.1) is 13.8 Å². The minimum absolute atomic E-state index is 0.309. The van der Waals surface area contributed by atoms with Crippen LogP contribution in [-0.4, -0.2) is 11.2 Å². The van der Waals surface area contributed by atoms with Gasteiger partial charge in [0, 0.05) is 5.02 Å². The molecule has 0 radical (unpaired) electrons. The van der Waals surface area contributed by atoms with Crippen LogP contribution in [0.25, 0.3) is 0 Å². The highest BCUT2D eigenvalue weighted by atomic mass is 35.5. The van der Waals surface area contributed by atoms with Crippen LogP contribution in [-0.2, 0) is 6.42 Å². The van der Waals surface area contributed by atoms with Crippen LogP contribution in [0.15, 0.2) is 12.1 Å². The second-order valence-electron chi connectivity index (χ2n) is 3.52. The van der Waals surface area contributed by atoms with Gasteiger partial charge >= 0.3 is 0 Å². The van der Waals surface area contributed by atoms with E-state index in [4.69, 9.17) is 11.6 Å². The molecule has 1 N–H and O–H groups in total. The third-order valence-electron chi connectivity index (χ3n) is 2.27. The topological polar surface area (TPSA) is 20.2 Å². The minimum Gasteiger partial charge on any atom is -0.393 e. The molecule has 1 unspecified atom stereocenters. The summed E-state index contributed by atoms with van der Waals surface area (Å²) in [6.45, 7) is 5.83. The summed E-state index contributed by atoms with van der Waals surface area (Å²) in [6.07, 6.45) is 0.369. The molecule has 0 aliphatic carbocycles. The summed E-state index contributed by atoms with van der Waals surface area (Å²) in [7, 11) is 0. The van der Waals surface area contributed by atoms with Gasteiger partial charge in [-0.3, -0.25) is 0 Å². The fourth-order valence-electron chi connectivity index (χ4n) is 1.47. The van der Waals surface area contributed by atoms with E-state index in [0.717, 1.165) is 10.6 Å². The maximum Gasteiger partial charge on any atom is 0.0552 e. The number of aliphatic hydroxyl groups excluding tert-OH is 1. The highest BCUT2D eigenvalue weighted by Gasteiger charge is 2.08. The lowest BCUT2D eigenvalue weighted by Crippen LogP contribution is -2.07. The Morgan fingerprint density at radius 3 is 2.54 bits per heavy atom. The van der Waals surface area contributed by atoms with E-state index < -0.39 is 0 Å². The lowest BCUT2D eigenvalue weighted by atomic mass is 9.98. The monoisotopic (exact) mass is 198 g/mol. The third-order valence-corrected chi connectivity index (χ3v) is 2.68. The minimum atomic E-state index is -0.309. The molecule has 0 aromatic heterocycles. The van der Waals surface area contributed by atoms with Crippen LogP contribution in [0.4, 0.5) is 0 Å². The number of benzene rings is 1. The van der Waals surface area contributed by atoms with Gasteiger partial charge in [0.05, 0.1) is 6.10 Å². The zero-order chi connectivity index (χ0) is 10.0. The van der Waals surface area contributed by atoms with Crippen molar-refractivity contribution in [2.75, 3.05) is 0 Å². The first-order chi connectivity index (χ1) is 6.02. The number of rotatable bonds is 2.